The Bertz CT molecular complexity index is 21.5. The highest BCUT2D eigenvalue weighted by atomic mass is 79.9. The third-order valence-corrected chi connectivity index (χ3v) is 0.567. The van der Waals surface area contributed by atoms with E-state index in [9.17, 15) is 0 Å². The Morgan fingerprint density at radius 1 is 1.83 bits per heavy atom. The average Bonchev–Trinajstić information content (AvgIpc) is 1.72. The second-order valence-corrected chi connectivity index (χ2v) is 1.09. The number of hydrogen-bond donors (Lipinski definition) is 1. The molecule has 38 valence electrons. The first-order valence-corrected chi connectivity index (χ1v) is 2.78. The van der Waals surface area contributed by atoms with Gasteiger partial charge in [-0.15, -0.1) is 6.58 Å². The van der Waals surface area contributed by atoms with Gasteiger partial charge in [0.15, 0.2) is 0 Å². The Labute approximate surface area is 47.4 Å². The van der Waals surface area contributed by atoms with Crippen molar-refractivity contribution < 1.29 is 0 Å². The van der Waals surface area contributed by atoms with Gasteiger partial charge in [-0.25, -0.2) is 0 Å². The fourth-order valence-electron chi connectivity index (χ4n) is 0. The summed E-state index contributed by atoms with van der Waals surface area (Å²) < 4.78 is 0. The molecule has 0 fully saturated rings. The van der Waals surface area contributed by atoms with Crippen LogP contribution in [0.3, 0.4) is 0 Å². The highest BCUT2D eigenvalue weighted by Crippen LogP contribution is 1.73. The molecule has 2 N–H and O–H groups in total. The highest BCUT2D eigenvalue weighted by Gasteiger charge is 1.47. The monoisotopic (exact) mass is 151 g/mol. The molecule has 0 spiro atoms. The Kier molecular flexibility index (Phi) is 30.1. The Morgan fingerprint density at radius 3 is 2.00 bits per heavy atom. The van der Waals surface area contributed by atoms with Gasteiger partial charge in [0.2, 0.25) is 0 Å². The molecule has 0 unspecified atom stereocenters. The van der Waals surface area contributed by atoms with Crippen LogP contribution in [0.25, 0.3) is 0 Å². The van der Waals surface area contributed by atoms with Crippen molar-refractivity contribution in [3.8, 4) is 0 Å². The molecule has 0 aromatic rings. The van der Waals surface area contributed by atoms with E-state index in [1.165, 1.54) is 7.05 Å². The van der Waals surface area contributed by atoms with Gasteiger partial charge in [-0.3, -0.25) is 0 Å². The molecule has 0 heterocycles. The van der Waals surface area contributed by atoms with E-state index in [4.69, 9.17) is 0 Å². The van der Waals surface area contributed by atoms with E-state index in [0.717, 1.165) is 5.33 Å². The smallest absolute Gasteiger partial charge is 0.0209 e. The fourth-order valence-corrected chi connectivity index (χ4v) is 0. The van der Waals surface area contributed by atoms with Gasteiger partial charge in [-0.05, 0) is 7.05 Å². The largest absolute Gasteiger partial charge is 0.333 e. The summed E-state index contributed by atoms with van der Waals surface area (Å²) in [5.41, 5.74) is 4.50. The molecule has 6 heavy (non-hydrogen) atoms. The topological polar surface area (TPSA) is 26.0 Å². The van der Waals surface area contributed by atoms with E-state index >= 15 is 0 Å². The number of alkyl halides is 1. The van der Waals surface area contributed by atoms with Crippen LogP contribution in [-0.2, 0) is 0 Å². The van der Waals surface area contributed by atoms with Crippen molar-refractivity contribution in [1.82, 2.24) is 0 Å². The minimum Gasteiger partial charge on any atom is -0.333 e. The number of allylic oxidation sites excluding steroid dienone is 1. The maximum atomic E-state index is 4.50. The zero-order chi connectivity index (χ0) is 5.41. The van der Waals surface area contributed by atoms with Crippen LogP contribution in [0, 0.1) is 0 Å². The van der Waals surface area contributed by atoms with Crippen LogP contribution in [0.15, 0.2) is 12.7 Å². The van der Waals surface area contributed by atoms with Crippen LogP contribution in [-0.4, -0.2) is 12.4 Å². The summed E-state index contributed by atoms with van der Waals surface area (Å²) in [4.78, 5) is 0. The molecule has 0 aromatic carbocycles. The van der Waals surface area contributed by atoms with Gasteiger partial charge >= 0.3 is 0 Å². The lowest BCUT2D eigenvalue weighted by atomic mass is 10.8. The summed E-state index contributed by atoms with van der Waals surface area (Å²) in [5, 5.41) is 0.896. The number of hydrogen-bond acceptors (Lipinski definition) is 1. The van der Waals surface area contributed by atoms with Crippen molar-refractivity contribution in [1.29, 1.82) is 0 Å². The molecule has 0 aliphatic rings. The van der Waals surface area contributed by atoms with Crippen molar-refractivity contribution in [3.63, 3.8) is 0 Å². The normalized spacial score (nSPS) is 5.17. The van der Waals surface area contributed by atoms with Crippen LogP contribution in [0.2, 0.25) is 0 Å². The van der Waals surface area contributed by atoms with Crippen molar-refractivity contribution in [2.75, 3.05) is 12.4 Å². The van der Waals surface area contributed by atoms with Gasteiger partial charge in [-0.1, -0.05) is 22.0 Å². The molecule has 0 atom stereocenters. The quantitative estimate of drug-likeness (QED) is 0.442. The molecular weight excluding hydrogens is 142 g/mol. The number of rotatable bonds is 1. The summed E-state index contributed by atoms with van der Waals surface area (Å²) in [5.74, 6) is 0. The van der Waals surface area contributed by atoms with E-state index < -0.39 is 0 Å². The van der Waals surface area contributed by atoms with Crippen molar-refractivity contribution >= 4 is 15.9 Å². The summed E-state index contributed by atoms with van der Waals surface area (Å²) in [7, 11) is 1.50. The minimum atomic E-state index is 0.896. The number of halogens is 1. The van der Waals surface area contributed by atoms with Crippen molar-refractivity contribution in [3.05, 3.63) is 12.7 Å². The van der Waals surface area contributed by atoms with Crippen LogP contribution in [0.4, 0.5) is 0 Å². The summed E-state index contributed by atoms with van der Waals surface area (Å²) in [6.07, 6.45) is 1.79. The van der Waals surface area contributed by atoms with E-state index in [1.807, 2.05) is 0 Å². The summed E-state index contributed by atoms with van der Waals surface area (Å²) in [6, 6.07) is 0. The van der Waals surface area contributed by atoms with Crippen LogP contribution in [0.1, 0.15) is 0 Å². The maximum Gasteiger partial charge on any atom is 0.0209 e. The van der Waals surface area contributed by atoms with Crippen molar-refractivity contribution in [2.45, 2.75) is 0 Å². The Balaban J connectivity index is 0. The Hall–Kier alpha value is 0.180. The minimum absolute atomic E-state index is 0.896. The molecule has 1 nitrogen and oxygen atoms in total. The van der Waals surface area contributed by atoms with Gasteiger partial charge in [0.1, 0.15) is 0 Å². The molecular formula is C4H10BrN. The zero-order valence-electron chi connectivity index (χ0n) is 3.95. The molecule has 0 bridgehead atoms. The zero-order valence-corrected chi connectivity index (χ0v) is 5.53. The predicted molar refractivity (Wildman–Crippen MR) is 34.1 cm³/mol. The maximum absolute atomic E-state index is 4.50. The van der Waals surface area contributed by atoms with Gasteiger partial charge in [0, 0.05) is 5.33 Å². The first kappa shape index (κ1) is 9.49. The van der Waals surface area contributed by atoms with E-state index in [1.54, 1.807) is 6.08 Å². The van der Waals surface area contributed by atoms with E-state index in [-0.39, 0.29) is 0 Å². The fraction of sp³-hybridized carbons (Fsp3) is 0.500. The molecule has 0 rings (SSSR count). The van der Waals surface area contributed by atoms with Gasteiger partial charge < -0.3 is 5.73 Å². The van der Waals surface area contributed by atoms with Gasteiger partial charge in [-0.2, -0.15) is 0 Å². The highest BCUT2D eigenvalue weighted by molar-refractivity contribution is 9.09. The third kappa shape index (κ3) is 30.4. The third-order valence-electron chi connectivity index (χ3n) is 0.109. The second kappa shape index (κ2) is 19.0. The van der Waals surface area contributed by atoms with Gasteiger partial charge in [0.25, 0.3) is 0 Å². The summed E-state index contributed by atoms with van der Waals surface area (Å²) >= 11 is 3.13. The molecule has 0 saturated heterocycles. The number of nitrogens with two attached hydrogens (primary N) is 1. The lowest BCUT2D eigenvalue weighted by molar-refractivity contribution is 1.48. The average molecular weight is 152 g/mol. The molecule has 0 radical (unpaired) electrons. The van der Waals surface area contributed by atoms with E-state index in [0.29, 0.717) is 0 Å². The van der Waals surface area contributed by atoms with Crippen LogP contribution in [0.5, 0.6) is 0 Å². The molecule has 0 aliphatic heterocycles. The SMILES string of the molecule is C=CCBr.CN. The van der Waals surface area contributed by atoms with Crippen LogP contribution >= 0.6 is 15.9 Å². The predicted octanol–water partition coefficient (Wildman–Crippen LogP) is 1.14. The molecule has 0 saturated carbocycles. The second-order valence-electron chi connectivity index (χ2n) is 0.443. The van der Waals surface area contributed by atoms with E-state index in [2.05, 4.69) is 28.2 Å². The lowest BCUT2D eigenvalue weighted by Crippen LogP contribution is -1.69. The Morgan fingerprint density at radius 2 is 2.00 bits per heavy atom. The summed E-state index contributed by atoms with van der Waals surface area (Å²) in [6.45, 7) is 3.43. The first-order valence-electron chi connectivity index (χ1n) is 1.66. The van der Waals surface area contributed by atoms with Gasteiger partial charge in [0.05, 0.1) is 0 Å². The molecule has 0 aromatic heterocycles. The van der Waals surface area contributed by atoms with Crippen LogP contribution < -0.4 is 5.73 Å². The standard InChI is InChI=1S/C3H5Br.CH5N/c1-2-3-4;1-2/h2H,1,3H2;2H2,1H3. The lowest BCUT2D eigenvalue weighted by Gasteiger charge is -1.55. The molecule has 0 aliphatic carbocycles. The molecule has 0 amide bonds. The van der Waals surface area contributed by atoms with Crippen molar-refractivity contribution in [2.24, 2.45) is 5.73 Å². The first-order chi connectivity index (χ1) is 2.91. The molecule has 2 heteroatoms.